The highest BCUT2D eigenvalue weighted by molar-refractivity contribution is 5.72. The number of methoxy groups -OCH3 is 2. The van der Waals surface area contributed by atoms with Crippen LogP contribution in [0.1, 0.15) is 24.0 Å². The molecule has 1 atom stereocenters. The largest absolute Gasteiger partial charge is 0.497 e. The van der Waals surface area contributed by atoms with Gasteiger partial charge >= 0.3 is 6.09 Å². The van der Waals surface area contributed by atoms with Crippen molar-refractivity contribution in [3.05, 3.63) is 88.0 Å². The van der Waals surface area contributed by atoms with Crippen molar-refractivity contribution in [1.29, 1.82) is 5.26 Å². The van der Waals surface area contributed by atoms with E-state index in [0.29, 0.717) is 17.1 Å². The number of amides is 1. The first kappa shape index (κ1) is 23.8. The monoisotopic (exact) mass is 473 g/mol. The van der Waals surface area contributed by atoms with Crippen LogP contribution in [-0.2, 0) is 9.47 Å². The molecule has 0 spiro atoms. The number of nitriles is 1. The van der Waals surface area contributed by atoms with Crippen LogP contribution in [0.3, 0.4) is 0 Å². The van der Waals surface area contributed by atoms with Gasteiger partial charge in [-0.1, -0.05) is 24.3 Å². The number of carbonyl (C=O) groups is 1. The summed E-state index contributed by atoms with van der Waals surface area (Å²) < 4.78 is 21.9. The third-order valence-electron chi connectivity index (χ3n) is 5.97. The van der Waals surface area contributed by atoms with E-state index in [4.69, 9.17) is 24.7 Å². The van der Waals surface area contributed by atoms with Crippen molar-refractivity contribution in [3.8, 4) is 17.6 Å². The molecule has 2 aromatic carbocycles. The molecule has 1 unspecified atom stereocenters. The lowest BCUT2D eigenvalue weighted by atomic mass is 9.80. The maximum atomic E-state index is 12.8. The lowest BCUT2D eigenvalue weighted by Crippen LogP contribution is -2.41. The third kappa shape index (κ3) is 4.80. The molecular formula is C27H27N3O5. The Morgan fingerprint density at radius 2 is 1.74 bits per heavy atom. The van der Waals surface area contributed by atoms with Gasteiger partial charge in [-0.3, -0.25) is 4.90 Å². The summed E-state index contributed by atoms with van der Waals surface area (Å²) in [5.41, 5.74) is 9.80. The maximum absolute atomic E-state index is 12.8. The van der Waals surface area contributed by atoms with Crippen molar-refractivity contribution >= 4 is 12.2 Å². The second kappa shape index (κ2) is 10.3. The average molecular weight is 474 g/mol. The lowest BCUT2D eigenvalue weighted by molar-refractivity contribution is 0.109. The van der Waals surface area contributed by atoms with Crippen LogP contribution in [0, 0.1) is 11.3 Å². The molecule has 2 aliphatic rings. The maximum Gasteiger partial charge on any atom is 0.410 e. The zero-order chi connectivity index (χ0) is 24.9. The minimum Gasteiger partial charge on any atom is -0.497 e. The van der Waals surface area contributed by atoms with Crippen LogP contribution in [0.4, 0.5) is 4.79 Å². The van der Waals surface area contributed by atoms with Gasteiger partial charge in [-0.25, -0.2) is 4.79 Å². The van der Waals surface area contributed by atoms with Crippen LogP contribution in [-0.4, -0.2) is 44.9 Å². The van der Waals surface area contributed by atoms with Gasteiger partial charge < -0.3 is 24.7 Å². The molecule has 0 saturated heterocycles. The van der Waals surface area contributed by atoms with E-state index in [1.54, 1.807) is 26.0 Å². The molecule has 2 aromatic rings. The minimum absolute atomic E-state index is 0.0530. The molecular weight excluding hydrogens is 446 g/mol. The molecule has 2 heterocycles. The van der Waals surface area contributed by atoms with Crippen molar-refractivity contribution in [1.82, 2.24) is 4.90 Å². The van der Waals surface area contributed by atoms with E-state index < -0.39 is 12.0 Å². The predicted octanol–water partition coefficient (Wildman–Crippen LogP) is 4.32. The fraction of sp³-hybridized carbons (Fsp3) is 0.259. The molecule has 0 fully saturated rings. The Kier molecular flexibility index (Phi) is 6.97. The number of hydrogen-bond acceptors (Lipinski definition) is 7. The third-order valence-corrected chi connectivity index (χ3v) is 5.97. The fourth-order valence-electron chi connectivity index (χ4n) is 4.29. The summed E-state index contributed by atoms with van der Waals surface area (Å²) in [5.74, 6) is 1.58. The number of ether oxygens (including phenoxy) is 4. The number of nitrogens with two attached hydrogens (primary N) is 1. The van der Waals surface area contributed by atoms with Crippen LogP contribution in [0.25, 0.3) is 6.08 Å². The van der Waals surface area contributed by atoms with E-state index in [1.807, 2.05) is 54.6 Å². The summed E-state index contributed by atoms with van der Waals surface area (Å²) in [7, 11) is 3.21. The molecule has 1 amide bonds. The first-order valence-electron chi connectivity index (χ1n) is 11.2. The fourth-order valence-corrected chi connectivity index (χ4v) is 4.29. The molecule has 2 aliphatic heterocycles. The van der Waals surface area contributed by atoms with Crippen LogP contribution in [0.15, 0.2) is 76.9 Å². The number of allylic oxidation sites excluding steroid dienone is 1. The Bertz CT molecular complexity index is 1240. The molecule has 0 bridgehead atoms. The van der Waals surface area contributed by atoms with Crippen molar-refractivity contribution in [2.45, 2.75) is 12.8 Å². The SMILES string of the molecule is CCOC(=O)N1CC2=C(OC(N)=C(C#N)C2c2ccc(OC)cc2)/C(=C/c2ccc(OC)cc2)C1. The van der Waals surface area contributed by atoms with Crippen molar-refractivity contribution in [2.75, 3.05) is 33.9 Å². The summed E-state index contributed by atoms with van der Waals surface area (Å²) in [6.45, 7) is 2.53. The van der Waals surface area contributed by atoms with Gasteiger partial charge in [0.1, 0.15) is 28.9 Å². The van der Waals surface area contributed by atoms with E-state index in [9.17, 15) is 10.1 Å². The van der Waals surface area contributed by atoms with E-state index in [2.05, 4.69) is 6.07 Å². The van der Waals surface area contributed by atoms with E-state index in [-0.39, 0.29) is 25.6 Å². The normalized spacial score (nSPS) is 18.5. The Morgan fingerprint density at radius 3 is 2.31 bits per heavy atom. The summed E-state index contributed by atoms with van der Waals surface area (Å²) in [4.78, 5) is 14.4. The number of hydrogen-bond donors (Lipinski definition) is 1. The van der Waals surface area contributed by atoms with Gasteiger partial charge in [0.15, 0.2) is 0 Å². The van der Waals surface area contributed by atoms with Gasteiger partial charge in [-0.15, -0.1) is 0 Å². The molecule has 8 heteroatoms. The molecule has 0 aliphatic carbocycles. The Balaban J connectivity index is 1.85. The van der Waals surface area contributed by atoms with Crippen LogP contribution < -0.4 is 15.2 Å². The number of benzene rings is 2. The van der Waals surface area contributed by atoms with Crippen LogP contribution in [0.2, 0.25) is 0 Å². The first-order chi connectivity index (χ1) is 17.0. The number of nitrogens with zero attached hydrogens (tertiary/aromatic N) is 2. The standard InChI is InChI=1S/C27H27N3O5/c1-4-34-27(31)30-15-19(13-17-5-9-20(32-2)10-6-17)25-23(16-30)24(22(14-28)26(29)35-25)18-7-11-21(33-3)12-8-18/h5-13,24H,4,15-16,29H2,1-3H3/b19-13+. The summed E-state index contributed by atoms with van der Waals surface area (Å²) >= 11 is 0. The molecule has 180 valence electrons. The quantitative estimate of drug-likeness (QED) is 0.689. The molecule has 4 rings (SSSR count). The smallest absolute Gasteiger partial charge is 0.410 e. The highest BCUT2D eigenvalue weighted by atomic mass is 16.6. The molecule has 8 nitrogen and oxygen atoms in total. The van der Waals surface area contributed by atoms with Gasteiger partial charge in [0.2, 0.25) is 5.88 Å². The van der Waals surface area contributed by atoms with Gasteiger partial charge in [-0.2, -0.15) is 5.26 Å². The van der Waals surface area contributed by atoms with E-state index >= 15 is 0 Å². The lowest BCUT2D eigenvalue weighted by Gasteiger charge is -2.37. The summed E-state index contributed by atoms with van der Waals surface area (Å²) in [6, 6.07) is 17.2. The van der Waals surface area contributed by atoms with Gasteiger partial charge in [-0.05, 0) is 48.4 Å². The Labute approximate surface area is 204 Å². The van der Waals surface area contributed by atoms with Crippen molar-refractivity contribution in [2.24, 2.45) is 5.73 Å². The topological polar surface area (TPSA) is 107 Å². The molecule has 0 saturated carbocycles. The molecule has 0 aromatic heterocycles. The average Bonchev–Trinajstić information content (AvgIpc) is 2.88. The highest BCUT2D eigenvalue weighted by Crippen LogP contribution is 2.44. The van der Waals surface area contributed by atoms with Crippen molar-refractivity contribution in [3.63, 3.8) is 0 Å². The molecule has 0 radical (unpaired) electrons. The van der Waals surface area contributed by atoms with Gasteiger partial charge in [0, 0.05) is 11.1 Å². The number of rotatable bonds is 5. The Hall–Kier alpha value is -4.38. The second-order valence-electron chi connectivity index (χ2n) is 8.05. The summed E-state index contributed by atoms with van der Waals surface area (Å²) in [6.07, 6.45) is 1.50. The van der Waals surface area contributed by atoms with Crippen molar-refractivity contribution < 1.29 is 23.7 Å². The summed E-state index contributed by atoms with van der Waals surface area (Å²) in [5, 5.41) is 9.95. The predicted molar refractivity (Wildman–Crippen MR) is 130 cm³/mol. The second-order valence-corrected chi connectivity index (χ2v) is 8.05. The zero-order valence-electron chi connectivity index (χ0n) is 19.9. The molecule has 35 heavy (non-hydrogen) atoms. The van der Waals surface area contributed by atoms with Crippen LogP contribution in [0.5, 0.6) is 11.5 Å². The molecule has 2 N–H and O–H groups in total. The van der Waals surface area contributed by atoms with Crippen LogP contribution >= 0.6 is 0 Å². The zero-order valence-corrected chi connectivity index (χ0v) is 19.9. The van der Waals surface area contributed by atoms with Gasteiger partial charge in [0.05, 0.1) is 39.8 Å². The van der Waals surface area contributed by atoms with Gasteiger partial charge in [0.25, 0.3) is 0 Å². The highest BCUT2D eigenvalue weighted by Gasteiger charge is 2.39. The first-order valence-corrected chi connectivity index (χ1v) is 11.2. The van der Waals surface area contributed by atoms with E-state index in [1.165, 1.54) is 0 Å². The number of carbonyl (C=O) groups excluding carboxylic acids is 1. The van der Waals surface area contributed by atoms with E-state index in [0.717, 1.165) is 28.0 Å². The Morgan fingerprint density at radius 1 is 1.11 bits per heavy atom. The minimum atomic E-state index is -0.480.